The Labute approximate surface area is 240 Å². The normalized spacial score (nSPS) is 10.6. The number of aliphatic carboxylic acids is 1. The first-order valence-electron chi connectivity index (χ1n) is 13.7. The molecular weight excluding hydrogens is 516 g/mol. The number of nitrogens with one attached hydrogen (secondary N) is 1. The predicted octanol–water partition coefficient (Wildman–Crippen LogP) is 5.84. The topological polar surface area (TPSA) is 95.9 Å². The summed E-state index contributed by atoms with van der Waals surface area (Å²) >= 11 is 0. The van der Waals surface area contributed by atoms with Crippen LogP contribution in [0.2, 0.25) is 0 Å². The molecule has 4 rings (SSSR count). The molecule has 2 amide bonds. The van der Waals surface area contributed by atoms with Gasteiger partial charge in [-0.2, -0.15) is 0 Å². The fourth-order valence-electron chi connectivity index (χ4n) is 4.63. The summed E-state index contributed by atoms with van der Waals surface area (Å²) in [6.45, 7) is 3.24. The minimum absolute atomic E-state index is 0.0624. The first-order valence-corrected chi connectivity index (χ1v) is 13.7. The van der Waals surface area contributed by atoms with Crippen LogP contribution in [0.15, 0.2) is 103 Å². The van der Waals surface area contributed by atoms with Gasteiger partial charge in [0.15, 0.2) is 0 Å². The fourth-order valence-corrected chi connectivity index (χ4v) is 4.63. The molecule has 0 aliphatic rings. The van der Waals surface area contributed by atoms with E-state index < -0.39 is 5.97 Å². The van der Waals surface area contributed by atoms with Crippen LogP contribution in [0.25, 0.3) is 11.1 Å². The van der Waals surface area contributed by atoms with Crippen molar-refractivity contribution >= 4 is 17.8 Å². The molecule has 0 saturated carbocycles. The molecule has 41 heavy (non-hydrogen) atoms. The Morgan fingerprint density at radius 3 is 2.10 bits per heavy atom. The van der Waals surface area contributed by atoms with Crippen LogP contribution in [-0.2, 0) is 17.8 Å². The lowest BCUT2D eigenvalue weighted by Crippen LogP contribution is -2.35. The molecule has 0 fully saturated rings. The highest BCUT2D eigenvalue weighted by molar-refractivity contribution is 6.06. The van der Waals surface area contributed by atoms with Crippen LogP contribution in [0.5, 0.6) is 5.75 Å². The average molecular weight is 551 g/mol. The predicted molar refractivity (Wildman–Crippen MR) is 159 cm³/mol. The van der Waals surface area contributed by atoms with E-state index >= 15 is 0 Å². The number of benzene rings is 4. The molecule has 7 heteroatoms. The van der Waals surface area contributed by atoms with E-state index in [1.54, 1.807) is 29.2 Å². The van der Waals surface area contributed by atoms with Crippen LogP contribution in [0.1, 0.15) is 45.2 Å². The highest BCUT2D eigenvalue weighted by atomic mass is 16.5. The molecule has 0 aromatic heterocycles. The van der Waals surface area contributed by atoms with E-state index in [-0.39, 0.29) is 24.8 Å². The monoisotopic (exact) mass is 550 g/mol. The number of ether oxygens (including phenoxy) is 1. The first-order chi connectivity index (χ1) is 20.0. The van der Waals surface area contributed by atoms with Crippen LogP contribution in [-0.4, -0.2) is 47.5 Å². The quantitative estimate of drug-likeness (QED) is 0.218. The second kappa shape index (κ2) is 14.5. The van der Waals surface area contributed by atoms with Gasteiger partial charge >= 0.3 is 5.97 Å². The number of hydrogen-bond acceptors (Lipinski definition) is 4. The third-order valence-electron chi connectivity index (χ3n) is 6.68. The van der Waals surface area contributed by atoms with Crippen LogP contribution in [0.3, 0.4) is 0 Å². The van der Waals surface area contributed by atoms with Gasteiger partial charge in [0.2, 0.25) is 0 Å². The summed E-state index contributed by atoms with van der Waals surface area (Å²) in [5.74, 6) is -0.762. The first kappa shape index (κ1) is 29.1. The molecule has 0 aliphatic carbocycles. The molecule has 0 saturated heterocycles. The second-order valence-corrected chi connectivity index (χ2v) is 9.53. The van der Waals surface area contributed by atoms with Gasteiger partial charge in [0.25, 0.3) is 11.8 Å². The van der Waals surface area contributed by atoms with Crippen molar-refractivity contribution in [3.05, 3.63) is 125 Å². The molecule has 0 radical (unpaired) electrons. The van der Waals surface area contributed by atoms with Gasteiger partial charge in [-0.15, -0.1) is 0 Å². The third-order valence-corrected chi connectivity index (χ3v) is 6.68. The van der Waals surface area contributed by atoms with E-state index in [0.29, 0.717) is 48.4 Å². The number of carboxylic acids is 1. The molecule has 4 aromatic carbocycles. The summed E-state index contributed by atoms with van der Waals surface area (Å²) in [7, 11) is 0. The number of nitrogens with zero attached hydrogens (tertiary/aromatic N) is 1. The zero-order valence-electron chi connectivity index (χ0n) is 23.1. The Hall–Kier alpha value is -4.91. The number of carboxylic acid groups (broad SMARTS) is 1. The van der Waals surface area contributed by atoms with Gasteiger partial charge in [0.05, 0.1) is 13.0 Å². The van der Waals surface area contributed by atoms with Crippen molar-refractivity contribution in [3.63, 3.8) is 0 Å². The number of amides is 2. The fraction of sp³-hybridized carbons (Fsp3) is 0.206. The van der Waals surface area contributed by atoms with E-state index in [1.165, 1.54) is 0 Å². The highest BCUT2D eigenvalue weighted by Crippen LogP contribution is 2.28. The maximum atomic E-state index is 13.9. The molecule has 0 unspecified atom stereocenters. The molecule has 0 atom stereocenters. The van der Waals surface area contributed by atoms with Crippen molar-refractivity contribution in [3.8, 4) is 16.9 Å². The van der Waals surface area contributed by atoms with Crippen molar-refractivity contribution in [1.29, 1.82) is 0 Å². The Bertz CT molecular complexity index is 1490. The molecule has 2 N–H and O–H groups in total. The van der Waals surface area contributed by atoms with Gasteiger partial charge in [-0.3, -0.25) is 14.4 Å². The third kappa shape index (κ3) is 8.05. The van der Waals surface area contributed by atoms with E-state index in [2.05, 4.69) is 5.32 Å². The number of rotatable bonds is 13. The Morgan fingerprint density at radius 2 is 1.39 bits per heavy atom. The smallest absolute Gasteiger partial charge is 0.305 e. The molecular formula is C34H34N2O5. The van der Waals surface area contributed by atoms with Crippen LogP contribution < -0.4 is 10.1 Å². The van der Waals surface area contributed by atoms with Gasteiger partial charge in [-0.05, 0) is 59.9 Å². The van der Waals surface area contributed by atoms with Gasteiger partial charge < -0.3 is 20.1 Å². The summed E-state index contributed by atoms with van der Waals surface area (Å²) < 4.78 is 5.60. The summed E-state index contributed by atoms with van der Waals surface area (Å²) in [6, 6.07) is 31.6. The number of carbonyl (C=O) groups excluding carboxylic acids is 2. The van der Waals surface area contributed by atoms with Crippen molar-refractivity contribution in [2.45, 2.75) is 26.3 Å². The molecule has 0 bridgehead atoms. The molecule has 7 nitrogen and oxygen atoms in total. The maximum absolute atomic E-state index is 13.9. The van der Waals surface area contributed by atoms with Gasteiger partial charge in [-0.25, -0.2) is 0 Å². The Morgan fingerprint density at radius 1 is 0.756 bits per heavy atom. The Kier molecular flexibility index (Phi) is 10.3. The van der Waals surface area contributed by atoms with Crippen molar-refractivity contribution < 1.29 is 24.2 Å². The summed E-state index contributed by atoms with van der Waals surface area (Å²) in [6.07, 6.45) is 0.359. The maximum Gasteiger partial charge on any atom is 0.305 e. The lowest BCUT2D eigenvalue weighted by molar-refractivity contribution is -0.137. The van der Waals surface area contributed by atoms with E-state index in [1.807, 2.05) is 85.8 Å². The zero-order chi connectivity index (χ0) is 29.0. The Balaban J connectivity index is 1.59. The van der Waals surface area contributed by atoms with E-state index in [9.17, 15) is 19.5 Å². The molecule has 210 valence electrons. The standard InChI is InChI=1S/C34H34N2O5/c1-2-41-27-14-10-13-25(23-27)19-21-36(22-20-32(37)38)34(40)31-18-9-7-16-29(31)28-15-6-8-17-30(28)33(39)35-24-26-11-4-3-5-12-26/h3-18,23H,2,19-22,24H2,1H3,(H,35,39)(H,37,38). The summed E-state index contributed by atoms with van der Waals surface area (Å²) in [4.78, 5) is 40.2. The highest BCUT2D eigenvalue weighted by Gasteiger charge is 2.22. The zero-order valence-corrected chi connectivity index (χ0v) is 23.1. The molecule has 0 aliphatic heterocycles. The summed E-state index contributed by atoms with van der Waals surface area (Å²) in [5.41, 5.74) is 4.07. The van der Waals surface area contributed by atoms with Gasteiger partial charge in [-0.1, -0.05) is 78.9 Å². The van der Waals surface area contributed by atoms with Gasteiger partial charge in [0.1, 0.15) is 5.75 Å². The SMILES string of the molecule is CCOc1cccc(CCN(CCC(=O)O)C(=O)c2ccccc2-c2ccccc2C(=O)NCc2ccccc2)c1. The van der Waals surface area contributed by atoms with Crippen molar-refractivity contribution in [1.82, 2.24) is 10.2 Å². The minimum atomic E-state index is -0.977. The van der Waals surface area contributed by atoms with Crippen molar-refractivity contribution in [2.24, 2.45) is 0 Å². The molecule has 0 heterocycles. The lowest BCUT2D eigenvalue weighted by atomic mass is 9.94. The molecule has 4 aromatic rings. The molecule has 0 spiro atoms. The average Bonchev–Trinajstić information content (AvgIpc) is 3.00. The number of carbonyl (C=O) groups is 3. The summed E-state index contributed by atoms with van der Waals surface area (Å²) in [5, 5.41) is 12.3. The van der Waals surface area contributed by atoms with E-state index in [0.717, 1.165) is 16.9 Å². The van der Waals surface area contributed by atoms with Crippen LogP contribution >= 0.6 is 0 Å². The van der Waals surface area contributed by atoms with Gasteiger partial charge in [0, 0.05) is 30.8 Å². The van der Waals surface area contributed by atoms with Crippen molar-refractivity contribution in [2.75, 3.05) is 19.7 Å². The minimum Gasteiger partial charge on any atom is -0.494 e. The van der Waals surface area contributed by atoms with Crippen LogP contribution in [0.4, 0.5) is 0 Å². The van der Waals surface area contributed by atoms with Crippen LogP contribution in [0, 0.1) is 0 Å². The second-order valence-electron chi connectivity index (χ2n) is 9.53. The van der Waals surface area contributed by atoms with E-state index in [4.69, 9.17) is 4.74 Å². The number of hydrogen-bond donors (Lipinski definition) is 2. The lowest BCUT2D eigenvalue weighted by Gasteiger charge is -2.24. The largest absolute Gasteiger partial charge is 0.494 e.